The molecule has 0 aromatic rings. The van der Waals surface area contributed by atoms with Crippen molar-refractivity contribution < 1.29 is 0 Å². The molecule has 0 aliphatic heterocycles. The zero-order chi connectivity index (χ0) is 22.4. The summed E-state index contributed by atoms with van der Waals surface area (Å²) >= 11 is 0. The molecule has 0 radical (unpaired) electrons. The molecule has 0 bridgehead atoms. The first-order valence-electron chi connectivity index (χ1n) is 18.8. The summed E-state index contributed by atoms with van der Waals surface area (Å²) in [6.07, 6.45) is 15.7. The average Bonchev–Trinajstić information content (AvgIpc) is 2.94. The summed E-state index contributed by atoms with van der Waals surface area (Å²) < 4.78 is 0. The third-order valence-corrected chi connectivity index (χ3v) is 26.7. The molecule has 0 saturated heterocycles. The lowest BCUT2D eigenvalue weighted by atomic mass is 8.73. The maximum absolute atomic E-state index is 1.77. The zero-order valence-electron chi connectivity index (χ0n) is 22.4. The Morgan fingerprint density at radius 2 is 0.684 bits per heavy atom. The van der Waals surface area contributed by atoms with Gasteiger partial charge in [0.2, 0.25) is 0 Å². The van der Waals surface area contributed by atoms with Crippen molar-refractivity contribution in [2.75, 3.05) is 0 Å². The summed E-state index contributed by atoms with van der Waals surface area (Å²) in [7, 11) is 0. The summed E-state index contributed by atoms with van der Waals surface area (Å²) in [6, 6.07) is 0. The maximum atomic E-state index is 1.77. The molecule has 20 aliphatic rings. The van der Waals surface area contributed by atoms with E-state index in [4.69, 9.17) is 0 Å². The molecule has 0 heterocycles. The van der Waals surface area contributed by atoms with Gasteiger partial charge in [0.1, 0.15) is 0 Å². The van der Waals surface area contributed by atoms with Crippen LogP contribution in [0.3, 0.4) is 0 Å². The first kappa shape index (κ1) is 16.0. The summed E-state index contributed by atoms with van der Waals surface area (Å²) in [6.45, 7) is 0. The Morgan fingerprint density at radius 3 is 1.37 bits per heavy atom. The van der Waals surface area contributed by atoms with Gasteiger partial charge in [0.05, 0.1) is 0 Å². The van der Waals surface area contributed by atoms with E-state index in [0.29, 0.717) is 0 Å². The highest BCUT2D eigenvalue weighted by atomic mass is 15.3. The van der Waals surface area contributed by atoms with Gasteiger partial charge in [0.15, 0.2) is 0 Å². The molecule has 20 saturated carbocycles. The Morgan fingerprint density at radius 1 is 0.289 bits per heavy atom. The van der Waals surface area contributed by atoms with Crippen molar-refractivity contribution in [3.8, 4) is 0 Å². The molecule has 0 nitrogen and oxygen atoms in total. The molecule has 0 amide bonds. The topological polar surface area (TPSA) is 0 Å². The number of hydrogen-bond donors (Lipinski definition) is 0. The summed E-state index contributed by atoms with van der Waals surface area (Å²) in [4.78, 5) is 0. The van der Waals surface area contributed by atoms with Gasteiger partial charge in [0, 0.05) is 0 Å². The van der Waals surface area contributed by atoms with Crippen molar-refractivity contribution in [1.82, 2.24) is 0 Å². The number of fused-ring (bicyclic) bond motifs is 14. The molecule has 20 unspecified atom stereocenters. The Balaban J connectivity index is 0.902. The Labute approximate surface area is 224 Å². The molecule has 38 heavy (non-hydrogen) atoms. The van der Waals surface area contributed by atoms with Crippen molar-refractivity contribution in [1.29, 1.82) is 0 Å². The van der Waals surface area contributed by atoms with Gasteiger partial charge in [-0.1, -0.05) is 6.42 Å². The molecule has 20 aliphatic carbocycles. The third-order valence-electron chi connectivity index (χ3n) is 26.7. The quantitative estimate of drug-likeness (QED) is 0.389. The van der Waals surface area contributed by atoms with Gasteiger partial charge in [-0.05, 0) is 218 Å². The first-order valence-corrected chi connectivity index (χ1v) is 18.8. The standard InChI is InChI=1S/C38H38/c1-2-12-13-4-5-15-21-22-17-7-11-9-19-24-26-28-29-27-25-23-18-8-10-6-16-20-14(3-1)34(25,36(20,23)30(10,16)18)32(12,27)33(13,29)35(15,28)38(21,26)37(22,24)31(11,17)19/h10-29H,1-9H2/t10?,11?,12?,13?,14?,15?,16?,17?,18-,19+,20?,21?,22?,23-,24+,25-,26+,27-,28+,29-,30?,31?,32?,33?,34?,35?,36?,37?,38?/m1/s1. The minimum atomic E-state index is 1.02. The Kier molecular flexibility index (Phi) is 1.34. The fourth-order valence-electron chi connectivity index (χ4n) is 30.6. The second kappa shape index (κ2) is 3.17. The molecule has 0 heteroatoms. The lowest BCUT2D eigenvalue weighted by Crippen LogP contribution is -3.27. The van der Waals surface area contributed by atoms with E-state index in [1.54, 1.807) is 57.8 Å². The van der Waals surface area contributed by atoms with E-state index >= 15 is 0 Å². The molecule has 29 atom stereocenters. The van der Waals surface area contributed by atoms with Crippen LogP contribution in [0, 0.1) is 167 Å². The average molecular weight is 495 g/mol. The molecule has 0 aromatic heterocycles. The van der Waals surface area contributed by atoms with Crippen LogP contribution < -0.4 is 0 Å². The van der Waals surface area contributed by atoms with Gasteiger partial charge in [-0.3, -0.25) is 0 Å². The van der Waals surface area contributed by atoms with Crippen LogP contribution in [-0.4, -0.2) is 0 Å². The van der Waals surface area contributed by atoms with E-state index in [9.17, 15) is 0 Å². The molecular weight excluding hydrogens is 456 g/mol. The van der Waals surface area contributed by atoms with E-state index in [1.807, 2.05) is 0 Å². The molecule has 190 valence electrons. The van der Waals surface area contributed by atoms with Crippen molar-refractivity contribution in [3.05, 3.63) is 0 Å². The highest BCUT2D eigenvalue weighted by Crippen LogP contribution is 3.31. The van der Waals surface area contributed by atoms with Crippen molar-refractivity contribution in [3.63, 3.8) is 0 Å². The van der Waals surface area contributed by atoms with Gasteiger partial charge < -0.3 is 0 Å². The van der Waals surface area contributed by atoms with Crippen LogP contribution in [0.1, 0.15) is 57.8 Å². The minimum Gasteiger partial charge on any atom is -0.0527 e. The summed E-state index contributed by atoms with van der Waals surface area (Å²) in [5, 5.41) is 0. The van der Waals surface area contributed by atoms with Crippen LogP contribution in [0.2, 0.25) is 0 Å². The van der Waals surface area contributed by atoms with Crippen LogP contribution in [0.15, 0.2) is 0 Å². The molecular formula is C38H38. The van der Waals surface area contributed by atoms with Gasteiger partial charge in [-0.15, -0.1) is 0 Å². The van der Waals surface area contributed by atoms with Crippen LogP contribution in [0.25, 0.3) is 0 Å². The lowest BCUT2D eigenvalue weighted by Gasteiger charge is -3.30. The molecule has 20 fully saturated rings. The predicted molar refractivity (Wildman–Crippen MR) is 133 cm³/mol. The molecule has 0 N–H and O–H groups in total. The van der Waals surface area contributed by atoms with Crippen LogP contribution >= 0.6 is 0 Å². The fourth-order valence-corrected chi connectivity index (χ4v) is 30.6. The van der Waals surface area contributed by atoms with E-state index < -0.39 is 0 Å². The smallest absolute Gasteiger partial charge is 0.00935 e. The first-order chi connectivity index (χ1) is 18.8. The SMILES string of the molecule is C1CC2C3C4CC5C[C@@H]6[C@@H]7[C@@H]8[C@@H]9[C@@H]%10[C@@H]%11[C@@H]%12[C@@H]%13[C@@H]%14CC%15CC%16C%17C%18C%19CCC%20C(C1)C9(C28C37C546)C%20%10C%19%11C%18%12C%17%13C%15%16%14. The van der Waals surface area contributed by atoms with Crippen LogP contribution in [0.5, 0.6) is 0 Å². The Hall–Kier alpha value is 0. The maximum Gasteiger partial charge on any atom is -0.00935 e. The van der Waals surface area contributed by atoms with Gasteiger partial charge >= 0.3 is 0 Å². The minimum absolute atomic E-state index is 1.02. The van der Waals surface area contributed by atoms with E-state index in [2.05, 4.69) is 0 Å². The highest BCUT2D eigenvalue weighted by molar-refractivity contribution is 5.74. The van der Waals surface area contributed by atoms with Crippen molar-refractivity contribution >= 4 is 0 Å². The normalized spacial score (nSPS) is 108. The third kappa shape index (κ3) is 0.583. The van der Waals surface area contributed by atoms with E-state index in [0.717, 1.165) is 48.7 Å². The summed E-state index contributed by atoms with van der Waals surface area (Å²) in [5.74, 6) is 26.4. The lowest BCUT2D eigenvalue weighted by molar-refractivity contribution is -0.842. The van der Waals surface area contributed by atoms with E-state index in [1.165, 1.54) is 118 Å². The van der Waals surface area contributed by atoms with Gasteiger partial charge in [0.25, 0.3) is 0 Å². The molecule has 20 rings (SSSR count). The fraction of sp³-hybridized carbons (Fsp3) is 1.00. The monoisotopic (exact) mass is 494 g/mol. The number of rotatable bonds is 0. The van der Waals surface area contributed by atoms with Crippen molar-refractivity contribution in [2.24, 2.45) is 167 Å². The predicted octanol–water partition coefficient (Wildman–Crippen LogP) is 5.97. The zero-order valence-corrected chi connectivity index (χ0v) is 22.4. The van der Waals surface area contributed by atoms with Crippen molar-refractivity contribution in [2.45, 2.75) is 57.8 Å². The van der Waals surface area contributed by atoms with Crippen LogP contribution in [-0.2, 0) is 0 Å². The van der Waals surface area contributed by atoms with Gasteiger partial charge in [-0.25, -0.2) is 0 Å². The second-order valence-electron chi connectivity index (χ2n) is 21.9. The van der Waals surface area contributed by atoms with Crippen LogP contribution in [0.4, 0.5) is 0 Å². The highest BCUT2D eigenvalue weighted by Gasteiger charge is 3.29. The molecule has 0 aromatic carbocycles. The van der Waals surface area contributed by atoms with Gasteiger partial charge in [-0.2, -0.15) is 0 Å². The van der Waals surface area contributed by atoms with E-state index in [-0.39, 0.29) is 0 Å². The largest absolute Gasteiger partial charge is 0.0527 e. The Bertz CT molecular complexity index is 1710. The molecule has 9 spiro atoms. The second-order valence-corrected chi connectivity index (χ2v) is 21.9. The summed E-state index contributed by atoms with van der Waals surface area (Å²) in [5.41, 5.74) is 9.37. The number of hydrogen-bond acceptors (Lipinski definition) is 0.